The van der Waals surface area contributed by atoms with Crippen LogP contribution in [0.4, 0.5) is 5.69 Å². The molecule has 0 unspecified atom stereocenters. The summed E-state index contributed by atoms with van der Waals surface area (Å²) in [6.45, 7) is 4.53. The number of aromatic hydroxyl groups is 1. The van der Waals surface area contributed by atoms with Gasteiger partial charge < -0.3 is 10.0 Å². The van der Waals surface area contributed by atoms with Gasteiger partial charge in [-0.1, -0.05) is 18.2 Å². The molecule has 2 rings (SSSR count). The number of hydrogen-bond acceptors (Lipinski definition) is 2. The number of rotatable bonds is 3. The third kappa shape index (κ3) is 2.01. The Labute approximate surface area is 95.4 Å². The summed E-state index contributed by atoms with van der Waals surface area (Å²) in [4.78, 5) is 2.11. The zero-order valence-electron chi connectivity index (χ0n) is 9.35. The topological polar surface area (TPSA) is 23.5 Å². The second kappa shape index (κ2) is 4.27. The van der Waals surface area contributed by atoms with Crippen LogP contribution in [0, 0.1) is 0 Å². The predicted octanol–water partition coefficient (Wildman–Crippen LogP) is 3.17. The van der Waals surface area contributed by atoms with Crippen molar-refractivity contribution in [3.8, 4) is 5.75 Å². The summed E-state index contributed by atoms with van der Waals surface area (Å²) < 4.78 is 0. The molecule has 0 fully saturated rings. The number of anilines is 1. The van der Waals surface area contributed by atoms with Crippen LogP contribution in [0.15, 0.2) is 49.1 Å². The van der Waals surface area contributed by atoms with Crippen molar-refractivity contribution in [1.82, 2.24) is 0 Å². The molecule has 1 N–H and O–H groups in total. The number of nitrogens with zero attached hydrogens (tertiary/aromatic N) is 1. The zero-order valence-corrected chi connectivity index (χ0v) is 9.35. The molecule has 0 aliphatic rings. The van der Waals surface area contributed by atoms with E-state index in [4.69, 9.17) is 0 Å². The Kier molecular flexibility index (Phi) is 2.82. The molecule has 16 heavy (non-hydrogen) atoms. The van der Waals surface area contributed by atoms with E-state index in [-0.39, 0.29) is 0 Å². The van der Waals surface area contributed by atoms with Gasteiger partial charge in [0, 0.05) is 19.3 Å². The highest BCUT2D eigenvalue weighted by atomic mass is 16.3. The molecule has 0 heterocycles. The Morgan fingerprint density at radius 2 is 1.94 bits per heavy atom. The molecule has 2 aromatic carbocycles. The van der Waals surface area contributed by atoms with E-state index in [0.717, 1.165) is 23.0 Å². The highest BCUT2D eigenvalue weighted by Crippen LogP contribution is 2.24. The maximum atomic E-state index is 9.43. The van der Waals surface area contributed by atoms with Gasteiger partial charge in [-0.15, -0.1) is 6.58 Å². The van der Waals surface area contributed by atoms with Crippen molar-refractivity contribution < 1.29 is 5.11 Å². The summed E-state index contributed by atoms with van der Waals surface area (Å²) in [6.07, 6.45) is 1.87. The van der Waals surface area contributed by atoms with Crippen LogP contribution < -0.4 is 4.90 Å². The smallest absolute Gasteiger partial charge is 0.116 e. The van der Waals surface area contributed by atoms with E-state index in [1.807, 2.05) is 19.2 Å². The third-order valence-electron chi connectivity index (χ3n) is 2.65. The molecule has 0 aromatic heterocycles. The summed E-state index contributed by atoms with van der Waals surface area (Å²) in [5, 5.41) is 11.6. The first-order valence-corrected chi connectivity index (χ1v) is 5.25. The van der Waals surface area contributed by atoms with Gasteiger partial charge in [0.05, 0.1) is 0 Å². The van der Waals surface area contributed by atoms with Crippen LogP contribution in [-0.2, 0) is 0 Å². The second-order valence-corrected chi connectivity index (χ2v) is 3.88. The molecule has 2 heteroatoms. The molecule has 0 radical (unpaired) electrons. The molecule has 2 nitrogen and oxygen atoms in total. The van der Waals surface area contributed by atoms with E-state index in [1.165, 1.54) is 0 Å². The van der Waals surface area contributed by atoms with Crippen molar-refractivity contribution in [1.29, 1.82) is 0 Å². The van der Waals surface area contributed by atoms with Crippen LogP contribution in [-0.4, -0.2) is 18.7 Å². The minimum absolute atomic E-state index is 0.302. The van der Waals surface area contributed by atoms with E-state index in [0.29, 0.717) is 5.75 Å². The molecular weight excluding hydrogens is 198 g/mol. The lowest BCUT2D eigenvalue weighted by Crippen LogP contribution is -2.16. The Balaban J connectivity index is 2.46. The molecule has 82 valence electrons. The van der Waals surface area contributed by atoms with Crippen LogP contribution in [0.1, 0.15) is 0 Å². The van der Waals surface area contributed by atoms with E-state index in [1.54, 1.807) is 12.1 Å². The molecule has 0 spiro atoms. The minimum Gasteiger partial charge on any atom is -0.508 e. The fourth-order valence-corrected chi connectivity index (χ4v) is 1.76. The second-order valence-electron chi connectivity index (χ2n) is 3.88. The summed E-state index contributed by atoms with van der Waals surface area (Å²) in [6, 6.07) is 11.6. The van der Waals surface area contributed by atoms with Gasteiger partial charge in [-0.05, 0) is 35.0 Å². The van der Waals surface area contributed by atoms with Crippen molar-refractivity contribution >= 4 is 16.5 Å². The van der Waals surface area contributed by atoms with Gasteiger partial charge in [0.2, 0.25) is 0 Å². The molecule has 0 aliphatic heterocycles. The molecule has 2 aromatic rings. The highest BCUT2D eigenvalue weighted by molar-refractivity contribution is 5.87. The molecule has 0 amide bonds. The summed E-state index contributed by atoms with van der Waals surface area (Å²) in [5.41, 5.74) is 1.12. The van der Waals surface area contributed by atoms with Crippen molar-refractivity contribution in [3.63, 3.8) is 0 Å². The number of phenolic OH excluding ortho intramolecular Hbond substituents is 1. The lowest BCUT2D eigenvalue weighted by molar-refractivity contribution is 0.476. The summed E-state index contributed by atoms with van der Waals surface area (Å²) >= 11 is 0. The van der Waals surface area contributed by atoms with Crippen LogP contribution >= 0.6 is 0 Å². The van der Waals surface area contributed by atoms with Gasteiger partial charge in [-0.25, -0.2) is 0 Å². The van der Waals surface area contributed by atoms with Gasteiger partial charge >= 0.3 is 0 Å². The largest absolute Gasteiger partial charge is 0.508 e. The van der Waals surface area contributed by atoms with Crippen molar-refractivity contribution in [3.05, 3.63) is 49.1 Å². The molecule has 0 bridgehead atoms. The highest BCUT2D eigenvalue weighted by Gasteiger charge is 2.01. The first kappa shape index (κ1) is 10.6. The van der Waals surface area contributed by atoms with Crippen LogP contribution in [0.25, 0.3) is 10.8 Å². The molecular formula is C14H15NO. The van der Waals surface area contributed by atoms with Crippen LogP contribution in [0.2, 0.25) is 0 Å². The van der Waals surface area contributed by atoms with E-state index < -0.39 is 0 Å². The molecule has 0 saturated heterocycles. The normalized spacial score (nSPS) is 10.3. The standard InChI is InChI=1S/C14H15NO/c1-3-8-15(2)13-6-4-11-5-7-14(16)10-12(11)9-13/h3-7,9-10,16H,1,8H2,2H3. The number of benzene rings is 2. The monoisotopic (exact) mass is 213 g/mol. The van der Waals surface area contributed by atoms with Crippen molar-refractivity contribution in [2.24, 2.45) is 0 Å². The Hall–Kier alpha value is -1.96. The van der Waals surface area contributed by atoms with E-state index in [2.05, 4.69) is 29.7 Å². The number of phenols is 1. The Morgan fingerprint density at radius 3 is 2.69 bits per heavy atom. The fraction of sp³-hybridized carbons (Fsp3) is 0.143. The quantitative estimate of drug-likeness (QED) is 0.792. The maximum absolute atomic E-state index is 9.43. The van der Waals surface area contributed by atoms with Gasteiger partial charge in [0.1, 0.15) is 5.75 Å². The number of likely N-dealkylation sites (N-methyl/N-ethyl adjacent to an activating group) is 1. The van der Waals surface area contributed by atoms with Crippen molar-refractivity contribution in [2.75, 3.05) is 18.5 Å². The summed E-state index contributed by atoms with van der Waals surface area (Å²) in [7, 11) is 2.02. The van der Waals surface area contributed by atoms with Gasteiger partial charge in [-0.2, -0.15) is 0 Å². The third-order valence-corrected chi connectivity index (χ3v) is 2.65. The average Bonchev–Trinajstić information content (AvgIpc) is 2.28. The van der Waals surface area contributed by atoms with Crippen LogP contribution in [0.3, 0.4) is 0 Å². The van der Waals surface area contributed by atoms with Gasteiger partial charge in [0.15, 0.2) is 0 Å². The number of fused-ring (bicyclic) bond motifs is 1. The van der Waals surface area contributed by atoms with E-state index >= 15 is 0 Å². The molecule has 0 atom stereocenters. The summed E-state index contributed by atoms with van der Waals surface area (Å²) in [5.74, 6) is 0.302. The van der Waals surface area contributed by atoms with Crippen molar-refractivity contribution in [2.45, 2.75) is 0 Å². The minimum atomic E-state index is 0.302. The van der Waals surface area contributed by atoms with Gasteiger partial charge in [0.25, 0.3) is 0 Å². The Morgan fingerprint density at radius 1 is 1.19 bits per heavy atom. The lowest BCUT2D eigenvalue weighted by atomic mass is 10.1. The SMILES string of the molecule is C=CCN(C)c1ccc2ccc(O)cc2c1. The maximum Gasteiger partial charge on any atom is 0.116 e. The molecule has 0 aliphatic carbocycles. The first-order valence-electron chi connectivity index (χ1n) is 5.25. The number of hydrogen-bond donors (Lipinski definition) is 1. The first-order chi connectivity index (χ1) is 7.70. The fourth-order valence-electron chi connectivity index (χ4n) is 1.76. The van der Waals surface area contributed by atoms with Gasteiger partial charge in [-0.3, -0.25) is 0 Å². The predicted molar refractivity (Wildman–Crippen MR) is 69.1 cm³/mol. The van der Waals surface area contributed by atoms with Crippen LogP contribution in [0.5, 0.6) is 5.75 Å². The zero-order chi connectivity index (χ0) is 11.5. The Bertz CT molecular complexity index is 519. The lowest BCUT2D eigenvalue weighted by Gasteiger charge is -2.17. The molecule has 0 saturated carbocycles. The average molecular weight is 213 g/mol. The van der Waals surface area contributed by atoms with E-state index in [9.17, 15) is 5.11 Å².